The number of aliphatic hydroxyl groups is 1. The minimum atomic E-state index is -0.601. The van der Waals surface area contributed by atoms with Crippen molar-refractivity contribution in [2.75, 3.05) is 0 Å². The molecule has 14 heavy (non-hydrogen) atoms. The van der Waals surface area contributed by atoms with Crippen molar-refractivity contribution in [2.24, 2.45) is 5.41 Å². The lowest BCUT2D eigenvalue weighted by Gasteiger charge is -2.33. The molecule has 0 aliphatic heterocycles. The fraction of sp³-hybridized carbons (Fsp3) is 1.00. The van der Waals surface area contributed by atoms with E-state index in [0.717, 1.165) is 19.3 Å². The molecular weight excluding hydrogens is 176 g/mol. The molecule has 0 saturated heterocycles. The van der Waals surface area contributed by atoms with Gasteiger partial charge in [0.15, 0.2) is 6.29 Å². The molecule has 0 amide bonds. The summed E-state index contributed by atoms with van der Waals surface area (Å²) in [6.07, 6.45) is 6.72. The summed E-state index contributed by atoms with van der Waals surface area (Å²) in [5, 5.41) is 9.91. The predicted octanol–water partition coefficient (Wildman–Crippen LogP) is 3.09. The molecule has 0 aromatic carbocycles. The van der Waals surface area contributed by atoms with Crippen LogP contribution in [-0.4, -0.2) is 17.5 Å². The minimum Gasteiger partial charge on any atom is -0.367 e. The lowest BCUT2D eigenvalue weighted by Crippen LogP contribution is -2.35. The number of hydrogen-bond donors (Lipinski definition) is 1. The van der Waals surface area contributed by atoms with E-state index in [1.165, 1.54) is 19.3 Å². The average molecular weight is 200 g/mol. The van der Waals surface area contributed by atoms with E-state index in [2.05, 4.69) is 20.8 Å². The highest BCUT2D eigenvalue weighted by Gasteiger charge is 2.29. The van der Waals surface area contributed by atoms with E-state index in [4.69, 9.17) is 4.74 Å². The topological polar surface area (TPSA) is 29.5 Å². The molecule has 1 fully saturated rings. The van der Waals surface area contributed by atoms with Crippen LogP contribution >= 0.6 is 0 Å². The van der Waals surface area contributed by atoms with Gasteiger partial charge in [0.25, 0.3) is 0 Å². The molecule has 0 aromatic rings. The van der Waals surface area contributed by atoms with Gasteiger partial charge < -0.3 is 9.84 Å². The first-order chi connectivity index (χ1) is 6.56. The predicted molar refractivity (Wildman–Crippen MR) is 58.0 cm³/mol. The van der Waals surface area contributed by atoms with Crippen molar-refractivity contribution in [3.05, 3.63) is 0 Å². The summed E-state index contributed by atoms with van der Waals surface area (Å²) < 4.78 is 5.70. The summed E-state index contributed by atoms with van der Waals surface area (Å²) in [7, 11) is 0. The van der Waals surface area contributed by atoms with Gasteiger partial charge in [-0.3, -0.25) is 0 Å². The third kappa shape index (κ3) is 3.25. The Morgan fingerprint density at radius 3 is 2.36 bits per heavy atom. The Kier molecular flexibility index (Phi) is 4.39. The van der Waals surface area contributed by atoms with Crippen LogP contribution in [0.2, 0.25) is 0 Å². The zero-order chi connectivity index (χ0) is 10.6. The van der Waals surface area contributed by atoms with Gasteiger partial charge in [-0.05, 0) is 19.3 Å². The summed E-state index contributed by atoms with van der Waals surface area (Å²) in [5.41, 5.74) is -0.114. The maximum atomic E-state index is 9.91. The lowest BCUT2D eigenvalue weighted by molar-refractivity contribution is -0.198. The number of aliphatic hydroxyl groups excluding tert-OH is 1. The van der Waals surface area contributed by atoms with Gasteiger partial charge in [0.1, 0.15) is 0 Å². The molecule has 1 aliphatic carbocycles. The fourth-order valence-electron chi connectivity index (χ4n) is 1.74. The van der Waals surface area contributed by atoms with Crippen molar-refractivity contribution >= 4 is 0 Å². The normalized spacial score (nSPS) is 22.3. The molecule has 84 valence electrons. The summed E-state index contributed by atoms with van der Waals surface area (Å²) >= 11 is 0. The second kappa shape index (κ2) is 5.13. The van der Waals surface area contributed by atoms with Crippen LogP contribution < -0.4 is 0 Å². The highest BCUT2D eigenvalue weighted by molar-refractivity contribution is 4.73. The first kappa shape index (κ1) is 12.0. The van der Waals surface area contributed by atoms with Crippen molar-refractivity contribution in [3.8, 4) is 0 Å². The summed E-state index contributed by atoms with van der Waals surface area (Å²) in [6.45, 7) is 6.20. The van der Waals surface area contributed by atoms with Crippen molar-refractivity contribution in [3.63, 3.8) is 0 Å². The van der Waals surface area contributed by atoms with Gasteiger partial charge in [-0.2, -0.15) is 0 Å². The van der Waals surface area contributed by atoms with Crippen LogP contribution in [0.25, 0.3) is 0 Å². The van der Waals surface area contributed by atoms with E-state index in [9.17, 15) is 5.11 Å². The molecule has 1 aliphatic rings. The van der Waals surface area contributed by atoms with Crippen LogP contribution in [0.3, 0.4) is 0 Å². The van der Waals surface area contributed by atoms with E-state index in [1.54, 1.807) is 0 Å². The minimum absolute atomic E-state index is 0.114. The van der Waals surface area contributed by atoms with Gasteiger partial charge in [0.2, 0.25) is 0 Å². The van der Waals surface area contributed by atoms with Gasteiger partial charge in [0, 0.05) is 5.41 Å². The van der Waals surface area contributed by atoms with Crippen LogP contribution in [0.5, 0.6) is 0 Å². The van der Waals surface area contributed by atoms with Crippen LogP contribution in [0, 0.1) is 5.41 Å². The standard InChI is InChI=1S/C12H24O2/c1-4-12(2,3)11(13)14-10-8-6-5-7-9-10/h10-11,13H,4-9H2,1-3H3. The van der Waals surface area contributed by atoms with Gasteiger partial charge in [-0.15, -0.1) is 0 Å². The molecule has 0 aromatic heterocycles. The molecule has 1 rings (SSSR count). The van der Waals surface area contributed by atoms with Gasteiger partial charge in [0.05, 0.1) is 6.10 Å². The van der Waals surface area contributed by atoms with Crippen molar-refractivity contribution in [2.45, 2.75) is 71.7 Å². The Bertz CT molecular complexity index is 160. The Morgan fingerprint density at radius 2 is 1.86 bits per heavy atom. The first-order valence-electron chi connectivity index (χ1n) is 5.90. The molecular formula is C12H24O2. The Hall–Kier alpha value is -0.0800. The highest BCUT2D eigenvalue weighted by atomic mass is 16.6. The number of rotatable bonds is 4. The Labute approximate surface area is 87.7 Å². The third-order valence-corrected chi connectivity index (χ3v) is 3.45. The van der Waals surface area contributed by atoms with E-state index in [1.807, 2.05) is 0 Å². The Morgan fingerprint density at radius 1 is 1.29 bits per heavy atom. The fourth-order valence-corrected chi connectivity index (χ4v) is 1.74. The second-order valence-electron chi connectivity index (χ2n) is 5.09. The Balaban J connectivity index is 2.34. The van der Waals surface area contributed by atoms with Crippen LogP contribution in [0.15, 0.2) is 0 Å². The molecule has 0 spiro atoms. The maximum absolute atomic E-state index is 9.91. The van der Waals surface area contributed by atoms with Crippen LogP contribution in [0.1, 0.15) is 59.3 Å². The van der Waals surface area contributed by atoms with Gasteiger partial charge in [-0.25, -0.2) is 0 Å². The van der Waals surface area contributed by atoms with E-state index in [0.29, 0.717) is 6.10 Å². The third-order valence-electron chi connectivity index (χ3n) is 3.45. The average Bonchev–Trinajstić information content (AvgIpc) is 2.19. The molecule has 2 nitrogen and oxygen atoms in total. The molecule has 1 saturated carbocycles. The monoisotopic (exact) mass is 200 g/mol. The second-order valence-corrected chi connectivity index (χ2v) is 5.09. The largest absolute Gasteiger partial charge is 0.367 e. The lowest BCUT2D eigenvalue weighted by atomic mass is 9.89. The quantitative estimate of drug-likeness (QED) is 0.707. The first-order valence-corrected chi connectivity index (χ1v) is 5.90. The molecule has 1 N–H and O–H groups in total. The zero-order valence-corrected chi connectivity index (χ0v) is 9.75. The summed E-state index contributed by atoms with van der Waals surface area (Å²) in [4.78, 5) is 0. The highest BCUT2D eigenvalue weighted by Crippen LogP contribution is 2.29. The smallest absolute Gasteiger partial charge is 0.159 e. The molecule has 2 heteroatoms. The maximum Gasteiger partial charge on any atom is 0.159 e. The molecule has 0 heterocycles. The SMILES string of the molecule is CCC(C)(C)C(O)OC1CCCCC1. The molecule has 1 atom stereocenters. The molecule has 0 bridgehead atoms. The number of ether oxygens (including phenoxy) is 1. The van der Waals surface area contributed by atoms with Gasteiger partial charge in [-0.1, -0.05) is 40.0 Å². The molecule has 1 unspecified atom stereocenters. The van der Waals surface area contributed by atoms with E-state index >= 15 is 0 Å². The van der Waals surface area contributed by atoms with Gasteiger partial charge >= 0.3 is 0 Å². The number of hydrogen-bond acceptors (Lipinski definition) is 2. The summed E-state index contributed by atoms with van der Waals surface area (Å²) in [5.74, 6) is 0. The van der Waals surface area contributed by atoms with Crippen molar-refractivity contribution < 1.29 is 9.84 Å². The summed E-state index contributed by atoms with van der Waals surface area (Å²) in [6, 6.07) is 0. The van der Waals surface area contributed by atoms with Crippen LogP contribution in [-0.2, 0) is 4.74 Å². The van der Waals surface area contributed by atoms with E-state index in [-0.39, 0.29) is 5.41 Å². The van der Waals surface area contributed by atoms with Crippen molar-refractivity contribution in [1.82, 2.24) is 0 Å². The molecule has 0 radical (unpaired) electrons. The van der Waals surface area contributed by atoms with Crippen LogP contribution in [0.4, 0.5) is 0 Å². The van der Waals surface area contributed by atoms with E-state index < -0.39 is 6.29 Å². The zero-order valence-electron chi connectivity index (χ0n) is 9.75. The van der Waals surface area contributed by atoms with Crippen molar-refractivity contribution in [1.29, 1.82) is 0 Å².